The van der Waals surface area contributed by atoms with E-state index < -0.39 is 0 Å². The highest BCUT2D eigenvalue weighted by Crippen LogP contribution is 2.41. The highest BCUT2D eigenvalue weighted by atomic mass is 16.3. The maximum absolute atomic E-state index is 12.2. The Labute approximate surface area is 90.4 Å². The van der Waals surface area contributed by atoms with Gasteiger partial charge in [0, 0.05) is 19.6 Å². The maximum Gasteiger partial charge on any atom is 0.230 e. The van der Waals surface area contributed by atoms with Crippen molar-refractivity contribution in [1.82, 2.24) is 4.90 Å². The fourth-order valence-corrected chi connectivity index (χ4v) is 2.51. The van der Waals surface area contributed by atoms with E-state index in [1.807, 2.05) is 4.90 Å². The van der Waals surface area contributed by atoms with Crippen LogP contribution in [0.2, 0.25) is 0 Å². The number of amides is 1. The van der Waals surface area contributed by atoms with Crippen molar-refractivity contribution in [3.8, 4) is 0 Å². The van der Waals surface area contributed by atoms with Gasteiger partial charge in [-0.05, 0) is 25.7 Å². The molecule has 2 rings (SSSR count). The van der Waals surface area contributed by atoms with E-state index in [0.717, 1.165) is 19.3 Å². The van der Waals surface area contributed by atoms with E-state index >= 15 is 0 Å². The van der Waals surface area contributed by atoms with Crippen LogP contribution in [0.3, 0.4) is 0 Å². The molecule has 1 saturated carbocycles. The van der Waals surface area contributed by atoms with Gasteiger partial charge in [-0.15, -0.1) is 0 Å². The summed E-state index contributed by atoms with van der Waals surface area (Å²) >= 11 is 0. The molecule has 0 spiro atoms. The third kappa shape index (κ3) is 1.88. The number of nitrogens with zero attached hydrogens (tertiary/aromatic N) is 1. The molecule has 0 aromatic carbocycles. The standard InChI is InChI=1S/C11H20N2O2/c12-8-11(4-1-5-11)10(15)13-6-2-9(14)3-7-13/h9,14H,1-8,12H2. The largest absolute Gasteiger partial charge is 0.393 e. The second kappa shape index (κ2) is 4.10. The lowest BCUT2D eigenvalue weighted by Crippen LogP contribution is -2.54. The fourth-order valence-electron chi connectivity index (χ4n) is 2.51. The van der Waals surface area contributed by atoms with E-state index in [4.69, 9.17) is 5.73 Å². The Morgan fingerprint density at radius 3 is 2.40 bits per heavy atom. The number of aliphatic hydroxyl groups excluding tert-OH is 1. The van der Waals surface area contributed by atoms with E-state index in [2.05, 4.69) is 0 Å². The minimum atomic E-state index is -0.248. The van der Waals surface area contributed by atoms with Crippen molar-refractivity contribution in [2.75, 3.05) is 19.6 Å². The molecule has 1 amide bonds. The summed E-state index contributed by atoms with van der Waals surface area (Å²) < 4.78 is 0. The minimum Gasteiger partial charge on any atom is -0.393 e. The lowest BCUT2D eigenvalue weighted by Gasteiger charge is -2.44. The highest BCUT2D eigenvalue weighted by Gasteiger charge is 2.45. The summed E-state index contributed by atoms with van der Waals surface area (Å²) in [7, 11) is 0. The first-order valence-electron chi connectivity index (χ1n) is 5.85. The van der Waals surface area contributed by atoms with Crippen molar-refractivity contribution < 1.29 is 9.90 Å². The Hall–Kier alpha value is -0.610. The Balaban J connectivity index is 1.95. The molecular formula is C11H20N2O2. The van der Waals surface area contributed by atoms with Gasteiger partial charge in [0.25, 0.3) is 0 Å². The van der Waals surface area contributed by atoms with Crippen molar-refractivity contribution in [2.24, 2.45) is 11.1 Å². The Bertz CT molecular complexity index is 237. The first-order valence-corrected chi connectivity index (χ1v) is 5.85. The molecule has 1 heterocycles. The van der Waals surface area contributed by atoms with Gasteiger partial charge < -0.3 is 15.7 Å². The van der Waals surface area contributed by atoms with Crippen LogP contribution in [0, 0.1) is 5.41 Å². The number of nitrogens with two attached hydrogens (primary N) is 1. The molecule has 4 nitrogen and oxygen atoms in total. The molecule has 4 heteroatoms. The van der Waals surface area contributed by atoms with Gasteiger partial charge in [0.15, 0.2) is 0 Å². The van der Waals surface area contributed by atoms with Crippen molar-refractivity contribution in [3.63, 3.8) is 0 Å². The van der Waals surface area contributed by atoms with Gasteiger partial charge in [0.1, 0.15) is 0 Å². The van der Waals surface area contributed by atoms with Gasteiger partial charge in [0.2, 0.25) is 5.91 Å². The summed E-state index contributed by atoms with van der Waals surface area (Å²) in [5, 5.41) is 9.38. The average Bonchev–Trinajstić information content (AvgIpc) is 2.18. The van der Waals surface area contributed by atoms with Crippen LogP contribution in [0.5, 0.6) is 0 Å². The molecule has 0 atom stereocenters. The summed E-state index contributed by atoms with van der Waals surface area (Å²) in [5.41, 5.74) is 5.46. The van der Waals surface area contributed by atoms with Gasteiger partial charge in [-0.2, -0.15) is 0 Å². The minimum absolute atomic E-state index is 0.218. The number of hydrogen-bond acceptors (Lipinski definition) is 3. The molecule has 1 aliphatic heterocycles. The van der Waals surface area contributed by atoms with Gasteiger partial charge in [-0.3, -0.25) is 4.79 Å². The average molecular weight is 212 g/mol. The van der Waals surface area contributed by atoms with Crippen LogP contribution in [0.15, 0.2) is 0 Å². The Morgan fingerprint density at radius 1 is 1.40 bits per heavy atom. The molecule has 3 N–H and O–H groups in total. The fraction of sp³-hybridized carbons (Fsp3) is 0.909. The first kappa shape index (κ1) is 10.9. The predicted octanol–water partition coefficient (Wildman–Crippen LogP) is 0.0987. The van der Waals surface area contributed by atoms with E-state index in [0.29, 0.717) is 32.5 Å². The monoisotopic (exact) mass is 212 g/mol. The van der Waals surface area contributed by atoms with E-state index in [1.54, 1.807) is 0 Å². The van der Waals surface area contributed by atoms with Crippen LogP contribution < -0.4 is 5.73 Å². The lowest BCUT2D eigenvalue weighted by atomic mass is 9.67. The molecule has 0 aromatic heterocycles. The smallest absolute Gasteiger partial charge is 0.230 e. The second-order valence-corrected chi connectivity index (χ2v) is 4.86. The number of aliphatic hydroxyl groups is 1. The zero-order chi connectivity index (χ0) is 10.9. The number of rotatable bonds is 2. The quantitative estimate of drug-likeness (QED) is 0.682. The number of carbonyl (C=O) groups excluding carboxylic acids is 1. The van der Waals surface area contributed by atoms with Gasteiger partial charge in [0.05, 0.1) is 11.5 Å². The number of piperidine rings is 1. The molecule has 2 aliphatic rings. The third-order valence-corrected chi connectivity index (χ3v) is 3.91. The van der Waals surface area contributed by atoms with Crippen LogP contribution in [0.1, 0.15) is 32.1 Å². The lowest BCUT2D eigenvalue weighted by molar-refractivity contribution is -0.148. The van der Waals surface area contributed by atoms with Crippen molar-refractivity contribution in [2.45, 2.75) is 38.2 Å². The number of likely N-dealkylation sites (tertiary alicyclic amines) is 1. The SMILES string of the molecule is NCC1(C(=O)N2CCC(O)CC2)CCC1. The van der Waals surface area contributed by atoms with E-state index in [-0.39, 0.29) is 17.4 Å². The first-order chi connectivity index (χ1) is 7.18. The molecule has 86 valence electrons. The van der Waals surface area contributed by atoms with E-state index in [9.17, 15) is 9.90 Å². The summed E-state index contributed by atoms with van der Waals surface area (Å²) in [4.78, 5) is 14.1. The molecule has 1 saturated heterocycles. The molecule has 15 heavy (non-hydrogen) atoms. The number of hydrogen-bond donors (Lipinski definition) is 2. The van der Waals surface area contributed by atoms with Gasteiger partial charge >= 0.3 is 0 Å². The summed E-state index contributed by atoms with van der Waals surface area (Å²) in [5.74, 6) is 0.225. The van der Waals surface area contributed by atoms with Gasteiger partial charge in [-0.25, -0.2) is 0 Å². The maximum atomic E-state index is 12.2. The summed E-state index contributed by atoms with van der Waals surface area (Å²) in [6, 6.07) is 0. The van der Waals surface area contributed by atoms with Crippen LogP contribution in [0.4, 0.5) is 0 Å². The van der Waals surface area contributed by atoms with Crippen molar-refractivity contribution in [3.05, 3.63) is 0 Å². The topological polar surface area (TPSA) is 66.6 Å². The zero-order valence-electron chi connectivity index (χ0n) is 9.11. The van der Waals surface area contributed by atoms with Crippen molar-refractivity contribution >= 4 is 5.91 Å². The molecule has 0 unspecified atom stereocenters. The van der Waals surface area contributed by atoms with Crippen LogP contribution in [0.25, 0.3) is 0 Å². The number of carbonyl (C=O) groups is 1. The molecule has 0 bridgehead atoms. The zero-order valence-corrected chi connectivity index (χ0v) is 9.11. The summed E-state index contributed by atoms with van der Waals surface area (Å²) in [6.45, 7) is 1.87. The molecule has 0 radical (unpaired) electrons. The molecule has 1 aliphatic carbocycles. The molecule has 2 fully saturated rings. The van der Waals surface area contributed by atoms with Crippen LogP contribution in [-0.4, -0.2) is 41.7 Å². The molecular weight excluding hydrogens is 192 g/mol. The highest BCUT2D eigenvalue weighted by molar-refractivity contribution is 5.84. The summed E-state index contributed by atoms with van der Waals surface area (Å²) in [6.07, 6.45) is 4.23. The van der Waals surface area contributed by atoms with Gasteiger partial charge in [-0.1, -0.05) is 6.42 Å². The van der Waals surface area contributed by atoms with E-state index in [1.165, 1.54) is 0 Å². The van der Waals surface area contributed by atoms with Crippen molar-refractivity contribution in [1.29, 1.82) is 0 Å². The normalized spacial score (nSPS) is 26.1. The third-order valence-electron chi connectivity index (χ3n) is 3.91. The Kier molecular flexibility index (Phi) is 2.98. The van der Waals surface area contributed by atoms with Crippen LogP contribution >= 0.6 is 0 Å². The predicted molar refractivity (Wildman–Crippen MR) is 57.2 cm³/mol. The Morgan fingerprint density at radius 2 is 2.00 bits per heavy atom. The molecule has 0 aromatic rings. The van der Waals surface area contributed by atoms with Crippen LogP contribution in [-0.2, 0) is 4.79 Å². The second-order valence-electron chi connectivity index (χ2n) is 4.86.